The van der Waals surface area contributed by atoms with Crippen LogP contribution in [0.4, 0.5) is 16.3 Å². The van der Waals surface area contributed by atoms with Crippen LogP contribution >= 0.6 is 23.2 Å². The Morgan fingerprint density at radius 3 is 2.60 bits per heavy atom. The quantitative estimate of drug-likeness (QED) is 0.169. The molecule has 0 saturated heterocycles. The Labute approximate surface area is 210 Å². The molecule has 4 aromatic rings. The number of halogens is 2. The van der Waals surface area contributed by atoms with Crippen LogP contribution < -0.4 is 10.1 Å². The Balaban J connectivity index is 2.01. The van der Waals surface area contributed by atoms with Crippen molar-refractivity contribution in [2.75, 3.05) is 19.4 Å². The molecule has 0 radical (unpaired) electrons. The van der Waals surface area contributed by atoms with Gasteiger partial charge in [0.15, 0.2) is 5.75 Å². The first kappa shape index (κ1) is 24.1. The first-order valence-electron chi connectivity index (χ1n) is 10.4. The molecule has 0 spiro atoms. The topological polar surface area (TPSA) is 116 Å². The summed E-state index contributed by atoms with van der Waals surface area (Å²) in [7, 11) is 3.16. The Morgan fingerprint density at radius 1 is 1.09 bits per heavy atom. The van der Waals surface area contributed by atoms with Gasteiger partial charge in [-0.1, -0.05) is 52.6 Å². The summed E-state index contributed by atoms with van der Waals surface area (Å²) in [6, 6.07) is 15.0. The summed E-state index contributed by atoms with van der Waals surface area (Å²) in [6.07, 6.45) is 2.64. The lowest BCUT2D eigenvalue weighted by Crippen LogP contribution is -2.26. The minimum absolute atomic E-state index is 0.211. The Kier molecular flexibility index (Phi) is 7.22. The second-order valence-corrected chi connectivity index (χ2v) is 8.39. The van der Waals surface area contributed by atoms with E-state index < -0.39 is 12.1 Å². The van der Waals surface area contributed by atoms with Gasteiger partial charge < -0.3 is 15.0 Å². The van der Waals surface area contributed by atoms with Crippen LogP contribution in [0.25, 0.3) is 21.3 Å². The number of rotatable bonds is 6. The number of nitrogens with zero attached hydrogens (tertiary/aromatic N) is 6. The van der Waals surface area contributed by atoms with Gasteiger partial charge in [-0.15, -0.1) is 0 Å². The molecule has 0 aliphatic heterocycles. The van der Waals surface area contributed by atoms with Gasteiger partial charge in [-0.3, -0.25) is 4.98 Å². The van der Waals surface area contributed by atoms with E-state index in [2.05, 4.69) is 25.3 Å². The van der Waals surface area contributed by atoms with Gasteiger partial charge in [0.05, 0.1) is 21.8 Å². The van der Waals surface area contributed by atoms with Gasteiger partial charge in [-0.2, -0.15) is 0 Å². The van der Waals surface area contributed by atoms with Crippen molar-refractivity contribution in [3.63, 3.8) is 0 Å². The lowest BCUT2D eigenvalue weighted by Gasteiger charge is -2.25. The Bertz CT molecular complexity index is 1440. The summed E-state index contributed by atoms with van der Waals surface area (Å²) in [4.78, 5) is 25.6. The molecule has 1 atom stereocenters. The van der Waals surface area contributed by atoms with Gasteiger partial charge in [-0.05, 0) is 41.4 Å². The largest absolute Gasteiger partial charge is 0.414 e. The molecule has 0 fully saturated rings. The number of carbonyl (C=O) groups excluding carboxylic acids is 1. The minimum atomic E-state index is -0.708. The fraction of sp³-hybridized carbons (Fsp3) is 0.125. The maximum absolute atomic E-state index is 12.6. The zero-order valence-electron chi connectivity index (χ0n) is 18.7. The Morgan fingerprint density at radius 2 is 1.89 bits per heavy atom. The van der Waals surface area contributed by atoms with Crippen LogP contribution in [-0.4, -0.2) is 35.1 Å². The van der Waals surface area contributed by atoms with Crippen LogP contribution in [0.2, 0.25) is 10.0 Å². The number of hydrogen-bond acceptors (Lipinski definition) is 6. The molecule has 4 rings (SSSR count). The van der Waals surface area contributed by atoms with E-state index in [1.807, 2.05) is 6.07 Å². The maximum Gasteiger partial charge on any atom is 0.414 e. The number of hydrogen-bond donors (Lipinski definition) is 1. The predicted octanol–water partition coefficient (Wildman–Crippen LogP) is 7.14. The maximum atomic E-state index is 12.6. The normalized spacial score (nSPS) is 11.4. The highest BCUT2D eigenvalue weighted by molar-refractivity contribution is 6.36. The number of benzene rings is 2. The fourth-order valence-electron chi connectivity index (χ4n) is 3.50. The van der Waals surface area contributed by atoms with E-state index in [1.54, 1.807) is 75.0 Å². The van der Waals surface area contributed by atoms with Crippen molar-refractivity contribution in [1.29, 1.82) is 0 Å². The van der Waals surface area contributed by atoms with Crippen molar-refractivity contribution in [3.05, 3.63) is 98.6 Å². The molecule has 0 aliphatic rings. The van der Waals surface area contributed by atoms with Gasteiger partial charge in [0.1, 0.15) is 11.3 Å². The molecule has 176 valence electrons. The zero-order chi connectivity index (χ0) is 24.9. The molecule has 9 nitrogen and oxygen atoms in total. The average molecular weight is 508 g/mol. The molecular formula is C24H19Cl2N7O2. The summed E-state index contributed by atoms with van der Waals surface area (Å²) in [5, 5.41) is 8.27. The molecule has 35 heavy (non-hydrogen) atoms. The molecule has 1 amide bonds. The Hall–Kier alpha value is -4.04. The molecule has 0 aliphatic carbocycles. The summed E-state index contributed by atoms with van der Waals surface area (Å²) < 4.78 is 5.81. The van der Waals surface area contributed by atoms with Crippen molar-refractivity contribution >= 4 is 51.7 Å². The van der Waals surface area contributed by atoms with Crippen molar-refractivity contribution in [3.8, 4) is 5.75 Å². The van der Waals surface area contributed by atoms with E-state index in [0.29, 0.717) is 32.9 Å². The van der Waals surface area contributed by atoms with Crippen molar-refractivity contribution in [1.82, 2.24) is 14.9 Å². The average Bonchev–Trinajstić information content (AvgIpc) is 2.86. The summed E-state index contributed by atoms with van der Waals surface area (Å²) in [6.45, 7) is 0. The second kappa shape index (κ2) is 10.5. The third kappa shape index (κ3) is 5.07. The van der Waals surface area contributed by atoms with E-state index in [9.17, 15) is 4.79 Å². The number of pyridine rings is 2. The van der Waals surface area contributed by atoms with Crippen LogP contribution in [0.5, 0.6) is 5.75 Å². The van der Waals surface area contributed by atoms with Crippen LogP contribution in [0.15, 0.2) is 72.1 Å². The molecule has 1 N–H and O–H groups in total. The van der Waals surface area contributed by atoms with Gasteiger partial charge in [0.25, 0.3) is 0 Å². The predicted molar refractivity (Wildman–Crippen MR) is 136 cm³/mol. The van der Waals surface area contributed by atoms with Gasteiger partial charge >= 0.3 is 6.09 Å². The third-order valence-corrected chi connectivity index (χ3v) is 5.84. The van der Waals surface area contributed by atoms with Crippen LogP contribution in [0, 0.1) is 0 Å². The highest BCUT2D eigenvalue weighted by Crippen LogP contribution is 2.43. The van der Waals surface area contributed by atoms with Crippen LogP contribution in [-0.2, 0) is 0 Å². The highest BCUT2D eigenvalue weighted by Gasteiger charge is 2.27. The number of fused-ring (bicyclic) bond motifs is 1. The molecule has 1 unspecified atom stereocenters. The number of nitrogens with one attached hydrogen (secondary N) is 1. The standard InChI is InChI=1S/C24H19Cl2N7O2/c1-33(2)24(34)35-23-16(13-17(25)14-8-6-12-29-22(14)23)21(30-19-10-3-4-11-28-19)15-7-5-9-18(20(15)26)31-32-27/h3-13,21H,1-2H3,(H,28,30). The van der Waals surface area contributed by atoms with Gasteiger partial charge in [-0.25, -0.2) is 9.78 Å². The summed E-state index contributed by atoms with van der Waals surface area (Å²) in [5.41, 5.74) is 10.7. The molecule has 11 heteroatoms. The molecule has 0 saturated carbocycles. The zero-order valence-corrected chi connectivity index (χ0v) is 20.2. The van der Waals surface area contributed by atoms with Crippen molar-refractivity contribution in [2.45, 2.75) is 6.04 Å². The van der Waals surface area contributed by atoms with E-state index in [4.69, 9.17) is 33.5 Å². The molecule has 2 heterocycles. The summed E-state index contributed by atoms with van der Waals surface area (Å²) in [5.74, 6) is 0.743. The number of anilines is 1. The number of carbonyl (C=O) groups is 1. The lowest BCUT2D eigenvalue weighted by atomic mass is 9.95. The first-order valence-corrected chi connectivity index (χ1v) is 11.1. The first-order chi connectivity index (χ1) is 16.9. The molecule has 2 aromatic heterocycles. The van der Waals surface area contributed by atoms with E-state index in [-0.39, 0.29) is 16.5 Å². The fourth-order valence-corrected chi connectivity index (χ4v) is 4.04. The van der Waals surface area contributed by atoms with Crippen molar-refractivity contribution in [2.24, 2.45) is 5.11 Å². The van der Waals surface area contributed by atoms with E-state index >= 15 is 0 Å². The molecule has 0 bridgehead atoms. The molecule has 2 aromatic carbocycles. The lowest BCUT2D eigenvalue weighted by molar-refractivity contribution is 0.172. The van der Waals surface area contributed by atoms with E-state index in [0.717, 1.165) is 0 Å². The smallest absolute Gasteiger partial charge is 0.407 e. The second-order valence-electron chi connectivity index (χ2n) is 7.60. The van der Waals surface area contributed by atoms with Crippen LogP contribution in [0.3, 0.4) is 0 Å². The molecular weight excluding hydrogens is 489 g/mol. The minimum Gasteiger partial charge on any atom is -0.407 e. The van der Waals surface area contributed by atoms with Gasteiger partial charge in [0.2, 0.25) is 0 Å². The SMILES string of the molecule is CN(C)C(=O)Oc1c(C(Nc2ccccn2)c2cccc(N=[N+]=[N-])c2Cl)cc(Cl)c2cccnc12. The number of ether oxygens (including phenoxy) is 1. The van der Waals surface area contributed by atoms with Crippen LogP contribution in [0.1, 0.15) is 17.2 Å². The highest BCUT2D eigenvalue weighted by atomic mass is 35.5. The third-order valence-electron chi connectivity index (χ3n) is 5.12. The van der Waals surface area contributed by atoms with E-state index in [1.165, 1.54) is 4.90 Å². The van der Waals surface area contributed by atoms with Crippen molar-refractivity contribution < 1.29 is 9.53 Å². The van der Waals surface area contributed by atoms with Gasteiger partial charge in [0, 0.05) is 42.4 Å². The summed E-state index contributed by atoms with van der Waals surface area (Å²) >= 11 is 13.3. The number of azide groups is 1. The monoisotopic (exact) mass is 507 g/mol. The number of amides is 1. The number of aromatic nitrogens is 2.